The number of carbonyl (C=O) groups excluding carboxylic acids is 2. The highest BCUT2D eigenvalue weighted by Gasteiger charge is 2.54. The van der Waals surface area contributed by atoms with Gasteiger partial charge in [0.25, 0.3) is 0 Å². The first-order valence-corrected chi connectivity index (χ1v) is 12.4. The lowest BCUT2D eigenvalue weighted by Gasteiger charge is -2.50. The Morgan fingerprint density at radius 3 is 2.86 bits per heavy atom. The van der Waals surface area contributed by atoms with Gasteiger partial charge < -0.3 is 10.2 Å². The van der Waals surface area contributed by atoms with E-state index in [4.69, 9.17) is 11.6 Å². The monoisotopic (exact) mass is 521 g/mol. The molecule has 11 heteroatoms. The van der Waals surface area contributed by atoms with E-state index in [0.29, 0.717) is 30.1 Å². The molecule has 1 aliphatic carbocycles. The van der Waals surface area contributed by atoms with Crippen LogP contribution in [0.25, 0.3) is 0 Å². The molecule has 3 heterocycles. The fourth-order valence-corrected chi connectivity index (χ4v) is 6.26. The predicted octanol–water partition coefficient (Wildman–Crippen LogP) is 3.67. The minimum Gasteiger partial charge on any atom is -0.330 e. The highest BCUT2D eigenvalue weighted by molar-refractivity contribution is 6.30. The number of benzene rings is 1. The minimum atomic E-state index is -4.48. The summed E-state index contributed by atoms with van der Waals surface area (Å²) in [5, 5.41) is 3.46. The van der Waals surface area contributed by atoms with Gasteiger partial charge in [0.1, 0.15) is 6.54 Å². The number of hydrazine groups is 1. The van der Waals surface area contributed by atoms with Crippen molar-refractivity contribution >= 4 is 29.1 Å². The molecule has 5 unspecified atom stereocenters. The maximum atomic E-state index is 13.5. The van der Waals surface area contributed by atoms with Crippen LogP contribution in [0.2, 0.25) is 5.02 Å². The van der Waals surface area contributed by atoms with Crippen molar-refractivity contribution in [1.29, 1.82) is 0 Å². The van der Waals surface area contributed by atoms with E-state index < -0.39 is 30.6 Å². The fourth-order valence-electron chi connectivity index (χ4n) is 6.05. The molecule has 2 amide bonds. The summed E-state index contributed by atoms with van der Waals surface area (Å²) >= 11 is 6.02. The molecule has 192 valence electrons. The van der Waals surface area contributed by atoms with Crippen molar-refractivity contribution in [1.82, 2.24) is 20.7 Å². The topological polar surface area (TPSA) is 86.4 Å². The van der Waals surface area contributed by atoms with Crippen LogP contribution in [0.5, 0.6) is 0 Å². The highest BCUT2D eigenvalue weighted by Crippen LogP contribution is 2.46. The first-order valence-electron chi connectivity index (χ1n) is 12.0. The van der Waals surface area contributed by atoms with Crippen LogP contribution in [0.4, 0.5) is 18.9 Å². The molecular formula is C25H27ClF3N5O2. The predicted molar refractivity (Wildman–Crippen MR) is 128 cm³/mol. The quantitative estimate of drug-likeness (QED) is 0.559. The molecule has 3 aliphatic rings. The number of anilines is 1. The van der Waals surface area contributed by atoms with Gasteiger partial charge in [-0.3, -0.25) is 25.4 Å². The SMILES string of the molecule is O=C(Cc1cccc(Cl)c1)Nc1cnccc1C1CCC2C3NNCC3C(=O)N(CC(F)(F)F)C2C1. The van der Waals surface area contributed by atoms with Crippen LogP contribution in [-0.2, 0) is 16.0 Å². The van der Waals surface area contributed by atoms with E-state index in [1.165, 1.54) is 0 Å². The molecule has 3 fully saturated rings. The number of nitrogens with zero attached hydrogens (tertiary/aromatic N) is 2. The molecule has 3 N–H and O–H groups in total. The van der Waals surface area contributed by atoms with Crippen molar-refractivity contribution in [2.24, 2.45) is 11.8 Å². The zero-order valence-corrected chi connectivity index (χ0v) is 20.1. The summed E-state index contributed by atoms with van der Waals surface area (Å²) in [4.78, 5) is 31.0. The number of amides is 2. The first-order chi connectivity index (χ1) is 17.2. The third kappa shape index (κ3) is 5.21. The lowest BCUT2D eigenvalue weighted by Crippen LogP contribution is -2.63. The first kappa shape index (κ1) is 25.0. The largest absolute Gasteiger partial charge is 0.406 e. The van der Waals surface area contributed by atoms with Crippen molar-refractivity contribution < 1.29 is 22.8 Å². The molecule has 2 aromatic rings. The van der Waals surface area contributed by atoms with Crippen molar-refractivity contribution in [2.75, 3.05) is 18.4 Å². The average molecular weight is 522 g/mol. The molecule has 1 saturated carbocycles. The van der Waals surface area contributed by atoms with Gasteiger partial charge in [0.05, 0.1) is 24.2 Å². The molecule has 1 aromatic carbocycles. The van der Waals surface area contributed by atoms with Crippen LogP contribution in [0.15, 0.2) is 42.7 Å². The van der Waals surface area contributed by atoms with E-state index in [1.807, 2.05) is 6.07 Å². The van der Waals surface area contributed by atoms with Gasteiger partial charge in [0.15, 0.2) is 0 Å². The number of nitrogens with one attached hydrogen (secondary N) is 3. The van der Waals surface area contributed by atoms with Crippen molar-refractivity contribution in [2.45, 2.75) is 49.9 Å². The van der Waals surface area contributed by atoms with E-state index in [1.54, 1.807) is 36.7 Å². The van der Waals surface area contributed by atoms with E-state index in [9.17, 15) is 22.8 Å². The second-order valence-corrected chi connectivity index (χ2v) is 10.2. The third-order valence-corrected chi connectivity index (χ3v) is 7.76. The summed E-state index contributed by atoms with van der Waals surface area (Å²) in [5.41, 5.74) is 8.23. The number of piperidine rings is 1. The normalized spacial score (nSPS) is 27.9. The number of hydrogen-bond acceptors (Lipinski definition) is 5. The van der Waals surface area contributed by atoms with Crippen LogP contribution in [0.1, 0.15) is 36.3 Å². The molecular weight excluding hydrogens is 495 g/mol. The Bertz CT molecular complexity index is 1150. The summed E-state index contributed by atoms with van der Waals surface area (Å²) in [6, 6.07) is 8.12. The summed E-state index contributed by atoms with van der Waals surface area (Å²) < 4.78 is 40.4. The van der Waals surface area contributed by atoms with Crippen LogP contribution >= 0.6 is 11.6 Å². The molecule has 0 bridgehead atoms. The number of carbonyl (C=O) groups is 2. The Balaban J connectivity index is 1.36. The van der Waals surface area contributed by atoms with E-state index in [2.05, 4.69) is 21.2 Å². The number of aromatic nitrogens is 1. The van der Waals surface area contributed by atoms with Crippen molar-refractivity contribution in [3.05, 3.63) is 58.9 Å². The van der Waals surface area contributed by atoms with Gasteiger partial charge in [-0.2, -0.15) is 13.2 Å². The number of rotatable bonds is 5. The van der Waals surface area contributed by atoms with Crippen molar-refractivity contribution in [3.8, 4) is 0 Å². The maximum absolute atomic E-state index is 13.5. The second-order valence-electron chi connectivity index (χ2n) is 9.80. The van der Waals surface area contributed by atoms with Crippen LogP contribution in [-0.4, -0.2) is 53.0 Å². The van der Waals surface area contributed by atoms with Crippen LogP contribution < -0.4 is 16.2 Å². The molecule has 1 aromatic heterocycles. The van der Waals surface area contributed by atoms with E-state index >= 15 is 0 Å². The van der Waals surface area contributed by atoms with Crippen molar-refractivity contribution in [3.63, 3.8) is 0 Å². The molecule has 2 aliphatic heterocycles. The van der Waals surface area contributed by atoms with Crippen LogP contribution in [0.3, 0.4) is 0 Å². The summed E-state index contributed by atoms with van der Waals surface area (Å²) in [6.45, 7) is -0.916. The molecule has 2 saturated heterocycles. The number of alkyl halides is 3. The van der Waals surface area contributed by atoms with Gasteiger partial charge in [-0.15, -0.1) is 0 Å². The number of likely N-dealkylation sites (tertiary alicyclic amines) is 1. The molecule has 0 spiro atoms. The molecule has 7 nitrogen and oxygen atoms in total. The van der Waals surface area contributed by atoms with E-state index in [-0.39, 0.29) is 30.2 Å². The standard InChI is InChI=1S/C25H27ClF3N5O2/c26-16-3-1-2-14(8-16)9-22(35)32-20-12-30-7-6-17(20)15-4-5-18-21(10-15)34(13-25(27,28)29)24(36)19-11-31-33-23(18)19/h1-3,6-8,12,15,18-19,21,23,31,33H,4-5,9-11,13H2,(H,32,35). The smallest absolute Gasteiger partial charge is 0.330 e. The molecule has 36 heavy (non-hydrogen) atoms. The number of halogens is 4. The highest BCUT2D eigenvalue weighted by atomic mass is 35.5. The fraction of sp³-hybridized carbons (Fsp3) is 0.480. The maximum Gasteiger partial charge on any atom is 0.406 e. The van der Waals surface area contributed by atoms with Gasteiger partial charge in [-0.1, -0.05) is 23.7 Å². The number of pyridine rings is 1. The summed E-state index contributed by atoms with van der Waals surface area (Å²) in [5.74, 6) is -1.39. The number of hydrogen-bond donors (Lipinski definition) is 3. The molecule has 5 atom stereocenters. The summed E-state index contributed by atoms with van der Waals surface area (Å²) in [7, 11) is 0. The molecule has 5 rings (SSSR count). The minimum absolute atomic E-state index is 0.0796. The zero-order valence-electron chi connectivity index (χ0n) is 19.4. The van der Waals surface area contributed by atoms with Gasteiger partial charge in [0, 0.05) is 29.8 Å². The van der Waals surface area contributed by atoms with E-state index in [0.717, 1.165) is 22.4 Å². The Hall–Kier alpha value is -2.69. The Morgan fingerprint density at radius 1 is 1.25 bits per heavy atom. The Labute approximate surface area is 211 Å². The van der Waals surface area contributed by atoms with Gasteiger partial charge in [-0.05, 0) is 60.4 Å². The van der Waals surface area contributed by atoms with Gasteiger partial charge in [0.2, 0.25) is 11.8 Å². The van der Waals surface area contributed by atoms with Gasteiger partial charge >= 0.3 is 6.18 Å². The van der Waals surface area contributed by atoms with Crippen LogP contribution in [0, 0.1) is 11.8 Å². The third-order valence-electron chi connectivity index (χ3n) is 7.53. The Morgan fingerprint density at radius 2 is 2.08 bits per heavy atom. The summed E-state index contributed by atoms with van der Waals surface area (Å²) in [6.07, 6.45) is 0.627. The zero-order chi connectivity index (χ0) is 25.4. The molecule has 0 radical (unpaired) electrons. The average Bonchev–Trinajstić information content (AvgIpc) is 3.31. The number of fused-ring (bicyclic) bond motifs is 3. The second kappa shape index (κ2) is 9.99. The Kier molecular flexibility index (Phi) is 6.93. The lowest BCUT2D eigenvalue weighted by atomic mass is 9.67. The lowest BCUT2D eigenvalue weighted by molar-refractivity contribution is -0.178. The van der Waals surface area contributed by atoms with Gasteiger partial charge in [-0.25, -0.2) is 0 Å².